The molecule has 4 fully saturated rings. The molecular formula is C28H32O8. The van der Waals surface area contributed by atoms with E-state index in [1.54, 1.807) is 38.2 Å². The fourth-order valence-electron chi connectivity index (χ4n) is 6.04. The predicted octanol–water partition coefficient (Wildman–Crippen LogP) is 2.92. The molecule has 7 atom stereocenters. The summed E-state index contributed by atoms with van der Waals surface area (Å²) in [5, 5.41) is 22.5. The van der Waals surface area contributed by atoms with E-state index >= 15 is 0 Å². The van der Waals surface area contributed by atoms with Crippen LogP contribution in [0.2, 0.25) is 0 Å². The molecule has 2 bridgehead atoms. The molecule has 0 unspecified atom stereocenters. The van der Waals surface area contributed by atoms with Crippen LogP contribution in [-0.4, -0.2) is 50.5 Å². The number of rotatable bonds is 6. The molecule has 1 heterocycles. The standard InChI is InChI=1S/C28H32O8/c1-7-9-11-13-16(29)18-20-21(28(6)22(31)15(3)24(33)36-28)19(17(30)14-12-10-8-2)26(4,23(18)32)25(34)27(20,5)35/h7-15,19-21,29,35H,1-6H3/b9-7+,10-8+,13-11+,14-12+,18-16-/t15-,19+,20+,21+,26+,27-,28-/m0/s1. The summed E-state index contributed by atoms with van der Waals surface area (Å²) in [5.74, 6) is -9.61. The summed E-state index contributed by atoms with van der Waals surface area (Å²) < 4.78 is 5.56. The van der Waals surface area contributed by atoms with Crippen molar-refractivity contribution in [3.8, 4) is 0 Å². The van der Waals surface area contributed by atoms with E-state index < -0.39 is 75.2 Å². The Labute approximate surface area is 210 Å². The Balaban J connectivity index is 2.39. The summed E-state index contributed by atoms with van der Waals surface area (Å²) in [6, 6.07) is 0. The Kier molecular flexibility index (Phi) is 6.98. The molecule has 4 rings (SSSR count). The second kappa shape index (κ2) is 9.24. The molecule has 0 spiro atoms. The largest absolute Gasteiger partial charge is 0.508 e. The summed E-state index contributed by atoms with van der Waals surface area (Å²) in [5.41, 5.74) is -6.57. The molecule has 1 saturated heterocycles. The molecule has 2 N–H and O–H groups in total. The van der Waals surface area contributed by atoms with Crippen LogP contribution in [0, 0.1) is 29.1 Å². The Hall–Kier alpha value is -3.39. The lowest BCUT2D eigenvalue weighted by Gasteiger charge is -2.60. The number of carbonyl (C=O) groups is 5. The maximum Gasteiger partial charge on any atom is 0.317 e. The lowest BCUT2D eigenvalue weighted by molar-refractivity contribution is -0.203. The smallest absolute Gasteiger partial charge is 0.317 e. The van der Waals surface area contributed by atoms with E-state index in [0.29, 0.717) is 0 Å². The minimum Gasteiger partial charge on any atom is -0.508 e. The van der Waals surface area contributed by atoms with Gasteiger partial charge in [-0.2, -0.15) is 0 Å². The molecule has 0 radical (unpaired) electrons. The quantitative estimate of drug-likeness (QED) is 0.188. The number of fused-ring (bicyclic) bond motifs is 3. The minimum absolute atomic E-state index is 0.279. The van der Waals surface area contributed by atoms with Gasteiger partial charge in [-0.05, 0) is 53.7 Å². The van der Waals surface area contributed by atoms with Crippen molar-refractivity contribution in [3.63, 3.8) is 0 Å². The van der Waals surface area contributed by atoms with Crippen molar-refractivity contribution in [2.45, 2.75) is 52.7 Å². The first-order valence-corrected chi connectivity index (χ1v) is 11.9. The van der Waals surface area contributed by atoms with Crippen molar-refractivity contribution >= 4 is 29.1 Å². The topological polar surface area (TPSA) is 135 Å². The number of allylic oxidation sites excluding steroid dienone is 8. The van der Waals surface area contributed by atoms with Crippen LogP contribution in [0.5, 0.6) is 0 Å². The second-order valence-electron chi connectivity index (χ2n) is 10.1. The van der Waals surface area contributed by atoms with Crippen LogP contribution in [0.15, 0.2) is 59.9 Å². The van der Waals surface area contributed by atoms with E-state index in [9.17, 15) is 34.2 Å². The van der Waals surface area contributed by atoms with E-state index in [2.05, 4.69) is 0 Å². The Morgan fingerprint density at radius 2 is 1.50 bits per heavy atom. The molecule has 0 aromatic carbocycles. The molecule has 0 aromatic rings. The maximum atomic E-state index is 13.8. The van der Waals surface area contributed by atoms with Crippen molar-refractivity contribution in [1.29, 1.82) is 0 Å². The highest BCUT2D eigenvalue weighted by atomic mass is 16.6. The van der Waals surface area contributed by atoms with Gasteiger partial charge in [0, 0.05) is 23.3 Å². The number of aliphatic hydroxyl groups excluding tert-OH is 1. The monoisotopic (exact) mass is 496 g/mol. The summed E-state index contributed by atoms with van der Waals surface area (Å²) in [6.45, 7) is 8.66. The van der Waals surface area contributed by atoms with Crippen molar-refractivity contribution < 1.29 is 38.9 Å². The minimum atomic E-state index is -2.24. The number of hydrogen-bond donors (Lipinski definition) is 2. The van der Waals surface area contributed by atoms with E-state index in [1.165, 1.54) is 52.0 Å². The van der Waals surface area contributed by atoms with Gasteiger partial charge in [0.05, 0.1) is 0 Å². The summed E-state index contributed by atoms with van der Waals surface area (Å²) in [4.78, 5) is 66.8. The third kappa shape index (κ3) is 3.66. The van der Waals surface area contributed by atoms with Gasteiger partial charge >= 0.3 is 5.97 Å². The molecule has 0 aromatic heterocycles. The predicted molar refractivity (Wildman–Crippen MR) is 130 cm³/mol. The SMILES string of the molecule is C/C=C/C=C/C(=O)[C@@H]1[C@@H]([C@]2(C)OC(=O)[C@@H](C)C2=O)[C@H]2\C(=C(O)/C=C/C=C/C)C(=O)[C@]1(C)C(=O)[C@@]2(C)O. The zero-order valence-electron chi connectivity index (χ0n) is 21.3. The lowest BCUT2D eigenvalue weighted by atomic mass is 9.40. The van der Waals surface area contributed by atoms with Crippen molar-refractivity contribution in [2.75, 3.05) is 0 Å². The first-order valence-electron chi connectivity index (χ1n) is 11.9. The number of carbonyl (C=O) groups excluding carboxylic acids is 5. The maximum absolute atomic E-state index is 13.8. The van der Waals surface area contributed by atoms with Crippen LogP contribution < -0.4 is 0 Å². The molecular weight excluding hydrogens is 464 g/mol. The molecule has 0 amide bonds. The zero-order chi connectivity index (χ0) is 27.2. The van der Waals surface area contributed by atoms with Crippen LogP contribution in [0.3, 0.4) is 0 Å². The van der Waals surface area contributed by atoms with Gasteiger partial charge in [0.2, 0.25) is 0 Å². The second-order valence-corrected chi connectivity index (χ2v) is 10.1. The highest BCUT2D eigenvalue weighted by Gasteiger charge is 2.77. The number of ketones is 4. The van der Waals surface area contributed by atoms with Crippen molar-refractivity contribution in [1.82, 2.24) is 0 Å². The molecule has 8 heteroatoms. The first-order chi connectivity index (χ1) is 16.7. The van der Waals surface area contributed by atoms with Crippen molar-refractivity contribution in [2.24, 2.45) is 29.1 Å². The zero-order valence-corrected chi connectivity index (χ0v) is 21.3. The van der Waals surface area contributed by atoms with Crippen molar-refractivity contribution in [3.05, 3.63) is 59.9 Å². The van der Waals surface area contributed by atoms with Gasteiger partial charge in [0.1, 0.15) is 22.7 Å². The lowest BCUT2D eigenvalue weighted by Crippen LogP contribution is -2.75. The van der Waals surface area contributed by atoms with Gasteiger partial charge in [-0.1, -0.05) is 36.5 Å². The summed E-state index contributed by atoms with van der Waals surface area (Å²) >= 11 is 0. The molecule has 192 valence electrons. The van der Waals surface area contributed by atoms with Crippen LogP contribution in [0.25, 0.3) is 0 Å². The average Bonchev–Trinajstić information content (AvgIpc) is 3.01. The molecule has 1 aliphatic heterocycles. The first kappa shape index (κ1) is 27.2. The number of ether oxygens (including phenoxy) is 1. The van der Waals surface area contributed by atoms with E-state index in [0.717, 1.165) is 0 Å². The van der Waals surface area contributed by atoms with Gasteiger partial charge in [-0.25, -0.2) is 0 Å². The van der Waals surface area contributed by atoms with Crippen LogP contribution in [0.4, 0.5) is 0 Å². The van der Waals surface area contributed by atoms with Crippen LogP contribution in [0.1, 0.15) is 41.5 Å². The number of hydrogen-bond acceptors (Lipinski definition) is 8. The third-order valence-electron chi connectivity index (χ3n) is 7.79. The fourth-order valence-corrected chi connectivity index (χ4v) is 6.04. The molecule has 4 aliphatic rings. The summed E-state index contributed by atoms with van der Waals surface area (Å²) in [6.07, 6.45) is 11.9. The molecule has 3 aliphatic carbocycles. The van der Waals surface area contributed by atoms with Gasteiger partial charge < -0.3 is 14.9 Å². The molecule has 36 heavy (non-hydrogen) atoms. The van der Waals surface area contributed by atoms with E-state index in [1.807, 2.05) is 0 Å². The van der Waals surface area contributed by atoms with Gasteiger partial charge in [-0.15, -0.1) is 0 Å². The van der Waals surface area contributed by atoms with E-state index in [-0.39, 0.29) is 5.57 Å². The Bertz CT molecular complexity index is 1180. The normalized spacial score (nSPS) is 40.4. The highest BCUT2D eigenvalue weighted by molar-refractivity contribution is 6.25. The highest BCUT2D eigenvalue weighted by Crippen LogP contribution is 2.63. The van der Waals surface area contributed by atoms with Gasteiger partial charge in [0.25, 0.3) is 0 Å². The third-order valence-corrected chi connectivity index (χ3v) is 7.79. The number of cyclic esters (lactones) is 1. The molecule has 3 saturated carbocycles. The number of esters is 1. The number of aliphatic hydroxyl groups is 2. The van der Waals surface area contributed by atoms with Crippen LogP contribution >= 0.6 is 0 Å². The van der Waals surface area contributed by atoms with Crippen LogP contribution in [-0.2, 0) is 28.7 Å². The Morgan fingerprint density at radius 1 is 0.944 bits per heavy atom. The fraction of sp³-hybridized carbons (Fsp3) is 0.464. The summed E-state index contributed by atoms with van der Waals surface area (Å²) in [7, 11) is 0. The Morgan fingerprint density at radius 3 is 2.00 bits per heavy atom. The van der Waals surface area contributed by atoms with Gasteiger partial charge in [0.15, 0.2) is 28.7 Å². The molecule has 8 nitrogen and oxygen atoms in total. The average molecular weight is 497 g/mol. The van der Waals surface area contributed by atoms with E-state index in [4.69, 9.17) is 4.74 Å². The number of Topliss-reactive ketones (excluding diaryl/α,β-unsaturated/α-hetero) is 3. The van der Waals surface area contributed by atoms with Gasteiger partial charge in [-0.3, -0.25) is 24.0 Å².